The largest absolute Gasteiger partial charge is 0.496 e. The summed E-state index contributed by atoms with van der Waals surface area (Å²) in [6.45, 7) is 6.32. The molecule has 1 spiro atoms. The maximum atomic E-state index is 6.46. The summed E-state index contributed by atoms with van der Waals surface area (Å²) in [6, 6.07) is 8.34. The molecule has 2 aromatic rings. The van der Waals surface area contributed by atoms with E-state index in [2.05, 4.69) is 31.2 Å². The van der Waals surface area contributed by atoms with Gasteiger partial charge >= 0.3 is 0 Å². The Morgan fingerprint density at radius 1 is 0.923 bits per heavy atom. The van der Waals surface area contributed by atoms with Crippen LogP contribution in [0, 0.1) is 13.8 Å². The van der Waals surface area contributed by atoms with Gasteiger partial charge in [-0.05, 0) is 67.1 Å². The molecule has 0 fully saturated rings. The lowest BCUT2D eigenvalue weighted by Gasteiger charge is -2.44. The zero-order valence-electron chi connectivity index (χ0n) is 16.1. The lowest BCUT2D eigenvalue weighted by Crippen LogP contribution is -2.48. The molecule has 0 bridgehead atoms. The lowest BCUT2D eigenvalue weighted by atomic mass is 9.85. The second-order valence-corrected chi connectivity index (χ2v) is 7.51. The second kappa shape index (κ2) is 6.11. The molecular formula is C22H26O4. The molecule has 2 heterocycles. The summed E-state index contributed by atoms with van der Waals surface area (Å²) in [5.41, 5.74) is 4.53. The summed E-state index contributed by atoms with van der Waals surface area (Å²) in [5, 5.41) is 0. The standard InChI is InChI=1S/C22H26O4/c1-13-8-20-16(10-18(13)23-4)6-7-22(25-20)12-15(3)17-11-19(24-5)14(2)9-21(17)26-22/h8-11,15H,6-7,12H2,1-5H3. The number of benzene rings is 2. The van der Waals surface area contributed by atoms with E-state index < -0.39 is 5.79 Å². The van der Waals surface area contributed by atoms with Crippen LogP contribution in [0.5, 0.6) is 23.0 Å². The fraction of sp³-hybridized carbons (Fsp3) is 0.455. The third-order valence-corrected chi connectivity index (χ3v) is 5.62. The summed E-state index contributed by atoms with van der Waals surface area (Å²) in [4.78, 5) is 0. The average molecular weight is 354 g/mol. The van der Waals surface area contributed by atoms with Crippen LogP contribution < -0.4 is 18.9 Å². The summed E-state index contributed by atoms with van der Waals surface area (Å²) in [7, 11) is 3.42. The first kappa shape index (κ1) is 17.1. The summed E-state index contributed by atoms with van der Waals surface area (Å²) >= 11 is 0. The summed E-state index contributed by atoms with van der Waals surface area (Å²) in [5.74, 6) is 3.39. The molecule has 4 nitrogen and oxygen atoms in total. The van der Waals surface area contributed by atoms with Crippen LogP contribution in [0.3, 0.4) is 0 Å². The molecule has 2 atom stereocenters. The molecule has 4 rings (SSSR count). The Morgan fingerprint density at radius 3 is 2.23 bits per heavy atom. The van der Waals surface area contributed by atoms with Gasteiger partial charge in [0.05, 0.1) is 14.2 Å². The van der Waals surface area contributed by atoms with E-state index in [0.29, 0.717) is 5.92 Å². The first-order chi connectivity index (χ1) is 12.4. The lowest BCUT2D eigenvalue weighted by molar-refractivity contribution is -0.144. The first-order valence-corrected chi connectivity index (χ1v) is 9.19. The zero-order chi connectivity index (χ0) is 18.5. The van der Waals surface area contributed by atoms with E-state index in [4.69, 9.17) is 18.9 Å². The average Bonchev–Trinajstić information content (AvgIpc) is 2.60. The Kier molecular flexibility index (Phi) is 4.02. The Hall–Kier alpha value is -2.36. The Bertz CT molecular complexity index is 858. The van der Waals surface area contributed by atoms with Gasteiger partial charge in [-0.15, -0.1) is 0 Å². The highest BCUT2D eigenvalue weighted by molar-refractivity contribution is 5.50. The van der Waals surface area contributed by atoms with Crippen molar-refractivity contribution in [2.45, 2.75) is 51.7 Å². The van der Waals surface area contributed by atoms with Crippen LogP contribution in [0.1, 0.15) is 47.9 Å². The van der Waals surface area contributed by atoms with Crippen molar-refractivity contribution in [3.05, 3.63) is 46.5 Å². The van der Waals surface area contributed by atoms with Crippen molar-refractivity contribution in [1.29, 1.82) is 0 Å². The number of aryl methyl sites for hydroxylation is 3. The maximum Gasteiger partial charge on any atom is 0.252 e. The monoisotopic (exact) mass is 354 g/mol. The molecule has 2 aromatic carbocycles. The highest BCUT2D eigenvalue weighted by atomic mass is 16.7. The molecule has 26 heavy (non-hydrogen) atoms. The second-order valence-electron chi connectivity index (χ2n) is 7.51. The molecule has 0 aromatic heterocycles. The van der Waals surface area contributed by atoms with Crippen molar-refractivity contribution < 1.29 is 18.9 Å². The molecule has 0 amide bonds. The fourth-order valence-electron chi connectivity index (χ4n) is 4.20. The molecule has 0 saturated carbocycles. The SMILES string of the molecule is COc1cc2c(cc1C)OC1(CC2)CC(C)c2cc(OC)c(C)cc2O1. The molecule has 0 saturated heterocycles. The number of hydrogen-bond acceptors (Lipinski definition) is 4. The molecule has 138 valence electrons. The van der Waals surface area contributed by atoms with E-state index >= 15 is 0 Å². The molecule has 2 unspecified atom stereocenters. The third kappa shape index (κ3) is 2.68. The van der Waals surface area contributed by atoms with E-state index in [-0.39, 0.29) is 0 Å². The van der Waals surface area contributed by atoms with Crippen LogP contribution in [-0.2, 0) is 6.42 Å². The van der Waals surface area contributed by atoms with E-state index in [9.17, 15) is 0 Å². The molecule has 4 heteroatoms. The van der Waals surface area contributed by atoms with Crippen molar-refractivity contribution in [2.24, 2.45) is 0 Å². The van der Waals surface area contributed by atoms with Gasteiger partial charge in [-0.3, -0.25) is 0 Å². The van der Waals surface area contributed by atoms with Crippen LogP contribution in [0.25, 0.3) is 0 Å². The molecule has 2 aliphatic heterocycles. The van der Waals surface area contributed by atoms with Gasteiger partial charge in [0, 0.05) is 18.4 Å². The van der Waals surface area contributed by atoms with Crippen LogP contribution in [0.15, 0.2) is 24.3 Å². The van der Waals surface area contributed by atoms with E-state index in [0.717, 1.165) is 53.4 Å². The van der Waals surface area contributed by atoms with Crippen LogP contribution in [0.2, 0.25) is 0 Å². The Balaban J connectivity index is 1.69. The molecular weight excluding hydrogens is 328 g/mol. The number of hydrogen-bond donors (Lipinski definition) is 0. The fourth-order valence-corrected chi connectivity index (χ4v) is 4.20. The van der Waals surface area contributed by atoms with Crippen molar-refractivity contribution in [3.63, 3.8) is 0 Å². The smallest absolute Gasteiger partial charge is 0.252 e. The number of rotatable bonds is 2. The van der Waals surface area contributed by atoms with Gasteiger partial charge in [0.25, 0.3) is 5.79 Å². The number of ether oxygens (including phenoxy) is 4. The zero-order valence-corrected chi connectivity index (χ0v) is 16.1. The van der Waals surface area contributed by atoms with E-state index in [1.165, 1.54) is 11.1 Å². The summed E-state index contributed by atoms with van der Waals surface area (Å²) < 4.78 is 23.8. The van der Waals surface area contributed by atoms with Crippen LogP contribution in [0.4, 0.5) is 0 Å². The van der Waals surface area contributed by atoms with Crippen molar-refractivity contribution in [2.75, 3.05) is 14.2 Å². The molecule has 2 aliphatic rings. The normalized spacial score (nSPS) is 23.5. The van der Waals surface area contributed by atoms with Gasteiger partial charge in [0.15, 0.2) is 0 Å². The highest BCUT2D eigenvalue weighted by Gasteiger charge is 2.44. The maximum absolute atomic E-state index is 6.46. The molecule has 0 radical (unpaired) electrons. The Morgan fingerprint density at radius 2 is 1.54 bits per heavy atom. The van der Waals surface area contributed by atoms with E-state index in [1.54, 1.807) is 14.2 Å². The van der Waals surface area contributed by atoms with E-state index in [1.807, 2.05) is 13.8 Å². The van der Waals surface area contributed by atoms with Gasteiger partial charge in [-0.2, -0.15) is 0 Å². The van der Waals surface area contributed by atoms with Crippen molar-refractivity contribution >= 4 is 0 Å². The summed E-state index contributed by atoms with van der Waals surface area (Å²) in [6.07, 6.45) is 2.58. The minimum Gasteiger partial charge on any atom is -0.496 e. The minimum atomic E-state index is -0.596. The van der Waals surface area contributed by atoms with Gasteiger partial charge < -0.3 is 18.9 Å². The van der Waals surface area contributed by atoms with Gasteiger partial charge in [-0.25, -0.2) is 0 Å². The Labute approximate surface area is 155 Å². The quantitative estimate of drug-likeness (QED) is 0.766. The highest BCUT2D eigenvalue weighted by Crippen LogP contribution is 2.48. The van der Waals surface area contributed by atoms with Crippen molar-refractivity contribution in [3.8, 4) is 23.0 Å². The van der Waals surface area contributed by atoms with Crippen LogP contribution >= 0.6 is 0 Å². The topological polar surface area (TPSA) is 36.9 Å². The predicted octanol–water partition coefficient (Wildman–Crippen LogP) is 4.93. The first-order valence-electron chi connectivity index (χ1n) is 9.19. The number of fused-ring (bicyclic) bond motifs is 2. The van der Waals surface area contributed by atoms with Gasteiger partial charge in [0.2, 0.25) is 0 Å². The minimum absolute atomic E-state index is 0.342. The molecule has 0 N–H and O–H groups in total. The predicted molar refractivity (Wildman–Crippen MR) is 101 cm³/mol. The third-order valence-electron chi connectivity index (χ3n) is 5.62. The van der Waals surface area contributed by atoms with Gasteiger partial charge in [-0.1, -0.05) is 6.92 Å². The molecule has 0 aliphatic carbocycles. The number of methoxy groups -OCH3 is 2. The van der Waals surface area contributed by atoms with Gasteiger partial charge in [0.1, 0.15) is 23.0 Å². The van der Waals surface area contributed by atoms with Crippen molar-refractivity contribution in [1.82, 2.24) is 0 Å². The van der Waals surface area contributed by atoms with Crippen LogP contribution in [-0.4, -0.2) is 20.0 Å².